The van der Waals surface area contributed by atoms with E-state index in [0.29, 0.717) is 6.54 Å². The first-order valence-electron chi connectivity index (χ1n) is 6.45. The van der Waals surface area contributed by atoms with Gasteiger partial charge in [0.05, 0.1) is 0 Å². The zero-order valence-corrected chi connectivity index (χ0v) is 10.9. The maximum atomic E-state index is 6.03. The standard InChI is InChI=1S/C14H23N3/c1-10-8-14(17-5-3-4-6-17)11(2)7-12(10)13(16)9-15/h7-8,13H,3-6,9,15-16H2,1-2H3/t13-/m1/s1. The highest BCUT2D eigenvalue weighted by molar-refractivity contribution is 5.58. The zero-order chi connectivity index (χ0) is 12.4. The summed E-state index contributed by atoms with van der Waals surface area (Å²) < 4.78 is 0. The molecule has 1 fully saturated rings. The number of nitrogens with zero attached hydrogens (tertiary/aromatic N) is 1. The maximum absolute atomic E-state index is 6.03. The molecule has 1 aliphatic heterocycles. The van der Waals surface area contributed by atoms with Crippen molar-refractivity contribution in [1.29, 1.82) is 0 Å². The van der Waals surface area contributed by atoms with Crippen LogP contribution in [0.5, 0.6) is 0 Å². The molecule has 94 valence electrons. The first-order chi connectivity index (χ1) is 8.13. The van der Waals surface area contributed by atoms with Gasteiger partial charge in [0.25, 0.3) is 0 Å². The van der Waals surface area contributed by atoms with Crippen LogP contribution in [0.2, 0.25) is 0 Å². The minimum Gasteiger partial charge on any atom is -0.371 e. The lowest BCUT2D eigenvalue weighted by Gasteiger charge is -2.23. The fraction of sp³-hybridized carbons (Fsp3) is 0.571. The molecule has 1 aromatic carbocycles. The van der Waals surface area contributed by atoms with E-state index in [2.05, 4.69) is 30.9 Å². The Morgan fingerprint density at radius 2 is 1.82 bits per heavy atom. The van der Waals surface area contributed by atoms with Gasteiger partial charge in [0.15, 0.2) is 0 Å². The van der Waals surface area contributed by atoms with E-state index in [4.69, 9.17) is 11.5 Å². The Bertz CT molecular complexity index is 395. The summed E-state index contributed by atoms with van der Waals surface area (Å²) in [5.74, 6) is 0. The van der Waals surface area contributed by atoms with Crippen molar-refractivity contribution >= 4 is 5.69 Å². The summed E-state index contributed by atoms with van der Waals surface area (Å²) in [5.41, 5.74) is 16.8. The third kappa shape index (κ3) is 2.45. The monoisotopic (exact) mass is 233 g/mol. The van der Waals surface area contributed by atoms with Crippen LogP contribution in [0.25, 0.3) is 0 Å². The molecule has 0 aromatic heterocycles. The predicted molar refractivity (Wildman–Crippen MR) is 73.3 cm³/mol. The Labute approximate surface area is 104 Å². The van der Waals surface area contributed by atoms with Crippen molar-refractivity contribution in [2.24, 2.45) is 11.5 Å². The number of hydrogen-bond donors (Lipinski definition) is 2. The van der Waals surface area contributed by atoms with Crippen LogP contribution in [-0.4, -0.2) is 19.6 Å². The summed E-state index contributed by atoms with van der Waals surface area (Å²) in [7, 11) is 0. The first kappa shape index (κ1) is 12.4. The Morgan fingerprint density at radius 1 is 1.18 bits per heavy atom. The van der Waals surface area contributed by atoms with Gasteiger partial charge in [0.1, 0.15) is 0 Å². The van der Waals surface area contributed by atoms with E-state index < -0.39 is 0 Å². The van der Waals surface area contributed by atoms with Crippen molar-refractivity contribution in [2.75, 3.05) is 24.5 Å². The highest BCUT2D eigenvalue weighted by atomic mass is 15.1. The third-order valence-electron chi connectivity index (χ3n) is 3.68. The molecule has 1 aliphatic rings. The fourth-order valence-electron chi connectivity index (χ4n) is 2.65. The van der Waals surface area contributed by atoms with Crippen molar-refractivity contribution in [3.05, 3.63) is 28.8 Å². The van der Waals surface area contributed by atoms with Gasteiger partial charge in [-0.1, -0.05) is 6.07 Å². The molecule has 0 radical (unpaired) electrons. The molecule has 3 heteroatoms. The van der Waals surface area contributed by atoms with Gasteiger partial charge >= 0.3 is 0 Å². The highest BCUT2D eigenvalue weighted by Crippen LogP contribution is 2.29. The van der Waals surface area contributed by atoms with Crippen molar-refractivity contribution < 1.29 is 0 Å². The lowest BCUT2D eigenvalue weighted by atomic mass is 9.97. The van der Waals surface area contributed by atoms with Crippen LogP contribution in [0.3, 0.4) is 0 Å². The van der Waals surface area contributed by atoms with Gasteiger partial charge in [-0.25, -0.2) is 0 Å². The van der Waals surface area contributed by atoms with Crippen LogP contribution < -0.4 is 16.4 Å². The Hall–Kier alpha value is -1.06. The second-order valence-electron chi connectivity index (χ2n) is 5.03. The lowest BCUT2D eigenvalue weighted by Crippen LogP contribution is -2.23. The zero-order valence-electron chi connectivity index (χ0n) is 10.9. The molecule has 0 unspecified atom stereocenters. The predicted octanol–water partition coefficient (Wildman–Crippen LogP) is 1.86. The van der Waals surface area contributed by atoms with Crippen LogP contribution >= 0.6 is 0 Å². The van der Waals surface area contributed by atoms with Crippen LogP contribution in [-0.2, 0) is 0 Å². The summed E-state index contributed by atoms with van der Waals surface area (Å²) in [6.45, 7) is 7.16. The SMILES string of the molecule is Cc1cc(N2CCCC2)c(C)cc1[C@H](N)CN. The number of benzene rings is 1. The Balaban J connectivity index is 2.33. The number of hydrogen-bond acceptors (Lipinski definition) is 3. The topological polar surface area (TPSA) is 55.3 Å². The van der Waals surface area contributed by atoms with E-state index in [1.54, 1.807) is 0 Å². The van der Waals surface area contributed by atoms with Crippen molar-refractivity contribution in [3.63, 3.8) is 0 Å². The summed E-state index contributed by atoms with van der Waals surface area (Å²) in [6.07, 6.45) is 2.62. The number of nitrogens with two attached hydrogens (primary N) is 2. The van der Waals surface area contributed by atoms with Gasteiger partial charge in [0.2, 0.25) is 0 Å². The van der Waals surface area contributed by atoms with Crippen molar-refractivity contribution in [2.45, 2.75) is 32.7 Å². The molecule has 3 nitrogen and oxygen atoms in total. The van der Waals surface area contributed by atoms with E-state index in [0.717, 1.165) is 0 Å². The average molecular weight is 233 g/mol. The molecule has 1 saturated heterocycles. The van der Waals surface area contributed by atoms with Crippen LogP contribution in [0.1, 0.15) is 35.6 Å². The van der Waals surface area contributed by atoms with E-state index in [-0.39, 0.29) is 6.04 Å². The molecule has 0 spiro atoms. The van der Waals surface area contributed by atoms with Crippen LogP contribution in [0, 0.1) is 13.8 Å². The maximum Gasteiger partial charge on any atom is 0.0422 e. The van der Waals surface area contributed by atoms with Crippen LogP contribution in [0.15, 0.2) is 12.1 Å². The summed E-state index contributed by atoms with van der Waals surface area (Å²) in [4.78, 5) is 2.47. The third-order valence-corrected chi connectivity index (χ3v) is 3.68. The van der Waals surface area contributed by atoms with Crippen LogP contribution in [0.4, 0.5) is 5.69 Å². The Kier molecular flexibility index (Phi) is 3.69. The lowest BCUT2D eigenvalue weighted by molar-refractivity contribution is 0.730. The molecule has 1 atom stereocenters. The van der Waals surface area contributed by atoms with Gasteiger partial charge < -0.3 is 16.4 Å². The normalized spacial score (nSPS) is 17.5. The number of aryl methyl sites for hydroxylation is 2. The second kappa shape index (κ2) is 5.07. The number of rotatable bonds is 3. The first-order valence-corrected chi connectivity index (χ1v) is 6.45. The molecular weight excluding hydrogens is 210 g/mol. The smallest absolute Gasteiger partial charge is 0.0422 e. The molecule has 0 saturated carbocycles. The fourth-order valence-corrected chi connectivity index (χ4v) is 2.65. The molecular formula is C14H23N3. The molecule has 2 rings (SSSR count). The molecule has 1 aromatic rings. The van der Waals surface area contributed by atoms with Gasteiger partial charge in [-0.15, -0.1) is 0 Å². The van der Waals surface area contributed by atoms with Gasteiger partial charge in [-0.2, -0.15) is 0 Å². The van der Waals surface area contributed by atoms with E-state index in [9.17, 15) is 0 Å². The van der Waals surface area contributed by atoms with E-state index in [1.807, 2.05) is 0 Å². The van der Waals surface area contributed by atoms with Gasteiger partial charge in [-0.05, 0) is 49.4 Å². The van der Waals surface area contributed by atoms with Gasteiger partial charge in [-0.3, -0.25) is 0 Å². The molecule has 4 N–H and O–H groups in total. The molecule has 0 amide bonds. The van der Waals surface area contributed by atoms with Crippen molar-refractivity contribution in [1.82, 2.24) is 0 Å². The Morgan fingerprint density at radius 3 is 2.41 bits per heavy atom. The average Bonchev–Trinajstić information content (AvgIpc) is 2.84. The number of anilines is 1. The second-order valence-corrected chi connectivity index (χ2v) is 5.03. The molecule has 0 aliphatic carbocycles. The quantitative estimate of drug-likeness (QED) is 0.838. The highest BCUT2D eigenvalue weighted by Gasteiger charge is 2.17. The van der Waals surface area contributed by atoms with E-state index >= 15 is 0 Å². The molecule has 17 heavy (non-hydrogen) atoms. The minimum atomic E-state index is -0.0404. The summed E-state index contributed by atoms with van der Waals surface area (Å²) >= 11 is 0. The molecule has 0 bridgehead atoms. The van der Waals surface area contributed by atoms with E-state index in [1.165, 1.54) is 48.3 Å². The van der Waals surface area contributed by atoms with Crippen molar-refractivity contribution in [3.8, 4) is 0 Å². The van der Waals surface area contributed by atoms with Gasteiger partial charge in [0, 0.05) is 31.4 Å². The summed E-state index contributed by atoms with van der Waals surface area (Å²) in [5, 5.41) is 0. The minimum absolute atomic E-state index is 0.0404. The molecule has 1 heterocycles. The summed E-state index contributed by atoms with van der Waals surface area (Å²) in [6, 6.07) is 4.44. The largest absolute Gasteiger partial charge is 0.371 e.